The number of hydrogen-bond acceptors (Lipinski definition) is 3. The Kier molecular flexibility index (Phi) is 6.69. The molecule has 0 atom stereocenters. The van der Waals surface area contributed by atoms with E-state index in [1.807, 2.05) is 0 Å². The standard InChI is InChI=1S/C27H32N2S/c1-4-20-6-5-7-25(17-20)28-27-29-26(18-30-27)24-14-12-23(13-15-24)22-10-8-21(9-11-22)16-19(2)3/h5-7,12-15,17-18,21-22H,2,4,8-11,16H2,1,3H3,(H,28,29). The SMILES string of the molecule is C=C(C)CC1CCC(c2ccc(-c3csc(Nc4cccc(CC)c4)n3)cc2)CC1. The molecule has 1 aliphatic rings. The number of rotatable bonds is 7. The molecule has 2 aromatic carbocycles. The van der Waals surface area contributed by atoms with Gasteiger partial charge in [-0.15, -0.1) is 17.9 Å². The van der Waals surface area contributed by atoms with E-state index in [4.69, 9.17) is 4.98 Å². The Bertz CT molecular complexity index is 978. The highest BCUT2D eigenvalue weighted by Crippen LogP contribution is 2.38. The molecule has 1 saturated carbocycles. The molecule has 1 heterocycles. The van der Waals surface area contributed by atoms with Gasteiger partial charge < -0.3 is 5.32 Å². The summed E-state index contributed by atoms with van der Waals surface area (Å²) >= 11 is 1.66. The molecule has 3 heteroatoms. The van der Waals surface area contributed by atoms with Crippen LogP contribution in [0.15, 0.2) is 66.1 Å². The highest BCUT2D eigenvalue weighted by Gasteiger charge is 2.22. The van der Waals surface area contributed by atoms with Crippen LogP contribution in [0.1, 0.15) is 63.0 Å². The normalized spacial score (nSPS) is 18.9. The maximum absolute atomic E-state index is 4.81. The van der Waals surface area contributed by atoms with Crippen molar-refractivity contribution >= 4 is 22.2 Å². The first-order valence-electron chi connectivity index (χ1n) is 11.2. The van der Waals surface area contributed by atoms with E-state index in [0.29, 0.717) is 5.92 Å². The predicted molar refractivity (Wildman–Crippen MR) is 131 cm³/mol. The fraction of sp³-hybridized carbons (Fsp3) is 0.370. The first-order valence-corrected chi connectivity index (χ1v) is 12.0. The Balaban J connectivity index is 1.38. The van der Waals surface area contributed by atoms with Crippen LogP contribution in [0, 0.1) is 5.92 Å². The van der Waals surface area contributed by atoms with E-state index in [1.54, 1.807) is 11.3 Å². The molecule has 3 aromatic rings. The van der Waals surface area contributed by atoms with Crippen LogP contribution >= 0.6 is 11.3 Å². The van der Waals surface area contributed by atoms with Gasteiger partial charge in [0.1, 0.15) is 0 Å². The summed E-state index contributed by atoms with van der Waals surface area (Å²) in [6.07, 6.45) is 7.52. The van der Waals surface area contributed by atoms with Gasteiger partial charge in [-0.25, -0.2) is 4.98 Å². The van der Waals surface area contributed by atoms with Crippen LogP contribution in [0.5, 0.6) is 0 Å². The molecule has 0 unspecified atom stereocenters. The summed E-state index contributed by atoms with van der Waals surface area (Å²) in [5.74, 6) is 1.55. The fourth-order valence-corrected chi connectivity index (χ4v) is 5.31. The van der Waals surface area contributed by atoms with Gasteiger partial charge in [-0.05, 0) is 80.5 Å². The molecule has 1 aliphatic carbocycles. The van der Waals surface area contributed by atoms with Crippen molar-refractivity contribution < 1.29 is 0 Å². The summed E-state index contributed by atoms with van der Waals surface area (Å²) in [6.45, 7) is 8.43. The lowest BCUT2D eigenvalue weighted by molar-refractivity contribution is 0.324. The van der Waals surface area contributed by atoms with Crippen LogP contribution in [0.3, 0.4) is 0 Å². The fourth-order valence-electron chi connectivity index (χ4n) is 4.57. The van der Waals surface area contributed by atoms with E-state index >= 15 is 0 Å². The molecular formula is C27H32N2S. The topological polar surface area (TPSA) is 24.9 Å². The Hall–Kier alpha value is -2.39. The quantitative estimate of drug-likeness (QED) is 0.391. The number of aromatic nitrogens is 1. The van der Waals surface area contributed by atoms with Gasteiger partial charge in [0.25, 0.3) is 0 Å². The van der Waals surface area contributed by atoms with E-state index in [9.17, 15) is 0 Å². The largest absolute Gasteiger partial charge is 0.332 e. The van der Waals surface area contributed by atoms with Crippen molar-refractivity contribution in [2.45, 2.75) is 58.3 Å². The summed E-state index contributed by atoms with van der Waals surface area (Å²) in [7, 11) is 0. The van der Waals surface area contributed by atoms with Gasteiger partial charge in [0, 0.05) is 16.6 Å². The number of aryl methyl sites for hydroxylation is 1. The average molecular weight is 417 g/mol. The number of nitrogens with one attached hydrogen (secondary N) is 1. The molecule has 0 bridgehead atoms. The molecular weight excluding hydrogens is 384 g/mol. The van der Waals surface area contributed by atoms with Crippen LogP contribution < -0.4 is 5.32 Å². The highest BCUT2D eigenvalue weighted by molar-refractivity contribution is 7.14. The van der Waals surface area contributed by atoms with E-state index in [-0.39, 0.29) is 0 Å². The Morgan fingerprint density at radius 3 is 2.57 bits per heavy atom. The second kappa shape index (κ2) is 9.61. The zero-order valence-corrected chi connectivity index (χ0v) is 19.0. The second-order valence-corrected chi connectivity index (χ2v) is 9.58. The Morgan fingerprint density at radius 1 is 1.10 bits per heavy atom. The smallest absolute Gasteiger partial charge is 0.187 e. The van der Waals surface area contributed by atoms with Gasteiger partial charge in [-0.1, -0.05) is 48.9 Å². The van der Waals surface area contributed by atoms with Crippen molar-refractivity contribution in [3.8, 4) is 11.3 Å². The van der Waals surface area contributed by atoms with E-state index < -0.39 is 0 Å². The molecule has 1 fully saturated rings. The maximum Gasteiger partial charge on any atom is 0.187 e. The number of anilines is 2. The first kappa shape index (κ1) is 20.9. The second-order valence-electron chi connectivity index (χ2n) is 8.72. The van der Waals surface area contributed by atoms with Crippen molar-refractivity contribution in [3.63, 3.8) is 0 Å². The number of nitrogens with zero attached hydrogens (tertiary/aromatic N) is 1. The first-order chi connectivity index (χ1) is 14.6. The zero-order chi connectivity index (χ0) is 20.9. The lowest BCUT2D eigenvalue weighted by Gasteiger charge is -2.29. The lowest BCUT2D eigenvalue weighted by atomic mass is 9.77. The highest BCUT2D eigenvalue weighted by atomic mass is 32.1. The summed E-state index contributed by atoms with van der Waals surface area (Å²) < 4.78 is 0. The lowest BCUT2D eigenvalue weighted by Crippen LogP contribution is -2.13. The third-order valence-corrected chi connectivity index (χ3v) is 7.01. The molecule has 0 saturated heterocycles. The Labute approximate surface area is 185 Å². The monoisotopic (exact) mass is 416 g/mol. The minimum absolute atomic E-state index is 0.707. The number of hydrogen-bond donors (Lipinski definition) is 1. The molecule has 0 spiro atoms. The number of thiazole rings is 1. The van der Waals surface area contributed by atoms with E-state index in [1.165, 1.54) is 54.4 Å². The van der Waals surface area contributed by atoms with Crippen molar-refractivity contribution in [1.29, 1.82) is 0 Å². The molecule has 30 heavy (non-hydrogen) atoms. The third kappa shape index (κ3) is 5.20. The summed E-state index contributed by atoms with van der Waals surface area (Å²) in [5.41, 5.74) is 7.50. The molecule has 2 nitrogen and oxygen atoms in total. The zero-order valence-electron chi connectivity index (χ0n) is 18.2. The average Bonchev–Trinajstić information content (AvgIpc) is 3.22. The number of allylic oxidation sites excluding steroid dienone is 1. The van der Waals surface area contributed by atoms with Crippen molar-refractivity contribution in [3.05, 3.63) is 77.2 Å². The molecule has 4 rings (SSSR count). The summed E-state index contributed by atoms with van der Waals surface area (Å²) in [6, 6.07) is 17.7. The van der Waals surface area contributed by atoms with Crippen LogP contribution in [0.4, 0.5) is 10.8 Å². The van der Waals surface area contributed by atoms with Gasteiger partial charge in [0.2, 0.25) is 0 Å². The molecule has 0 amide bonds. The van der Waals surface area contributed by atoms with Crippen LogP contribution in [-0.2, 0) is 6.42 Å². The third-order valence-electron chi connectivity index (χ3n) is 6.25. The minimum Gasteiger partial charge on any atom is -0.332 e. The summed E-state index contributed by atoms with van der Waals surface area (Å²) in [5, 5.41) is 6.54. The predicted octanol–water partition coefficient (Wildman–Crippen LogP) is 8.36. The van der Waals surface area contributed by atoms with Gasteiger partial charge >= 0.3 is 0 Å². The van der Waals surface area contributed by atoms with Crippen LogP contribution in [0.2, 0.25) is 0 Å². The van der Waals surface area contributed by atoms with Crippen LogP contribution in [-0.4, -0.2) is 4.98 Å². The van der Waals surface area contributed by atoms with Crippen molar-refractivity contribution in [2.75, 3.05) is 5.32 Å². The van der Waals surface area contributed by atoms with Gasteiger partial charge in [-0.2, -0.15) is 0 Å². The molecule has 1 aromatic heterocycles. The van der Waals surface area contributed by atoms with Gasteiger partial charge in [0.05, 0.1) is 5.69 Å². The molecule has 0 radical (unpaired) electrons. The van der Waals surface area contributed by atoms with Crippen LogP contribution in [0.25, 0.3) is 11.3 Å². The maximum atomic E-state index is 4.81. The van der Waals surface area contributed by atoms with Crippen molar-refractivity contribution in [2.24, 2.45) is 5.92 Å². The Morgan fingerprint density at radius 2 is 1.87 bits per heavy atom. The summed E-state index contributed by atoms with van der Waals surface area (Å²) in [4.78, 5) is 4.81. The van der Waals surface area contributed by atoms with E-state index in [0.717, 1.165) is 28.9 Å². The van der Waals surface area contributed by atoms with E-state index in [2.05, 4.69) is 79.7 Å². The molecule has 156 valence electrons. The van der Waals surface area contributed by atoms with Gasteiger partial charge in [-0.3, -0.25) is 0 Å². The number of benzene rings is 2. The molecule has 1 N–H and O–H groups in total. The minimum atomic E-state index is 0.707. The molecule has 0 aliphatic heterocycles. The van der Waals surface area contributed by atoms with Gasteiger partial charge in [0.15, 0.2) is 5.13 Å². The van der Waals surface area contributed by atoms with Crippen molar-refractivity contribution in [1.82, 2.24) is 4.98 Å².